The zero-order chi connectivity index (χ0) is 15.5. The third kappa shape index (κ3) is 3.45. The average molecular weight is 301 g/mol. The van der Waals surface area contributed by atoms with Crippen LogP contribution in [-0.2, 0) is 16.6 Å². The van der Waals surface area contributed by atoms with Crippen LogP contribution in [0.5, 0.6) is 0 Å². The largest absolute Gasteiger partial charge is 0.260 e. The number of hydrogen-bond acceptors (Lipinski definition) is 4. The van der Waals surface area contributed by atoms with E-state index in [-0.39, 0.29) is 11.4 Å². The van der Waals surface area contributed by atoms with Gasteiger partial charge >= 0.3 is 0 Å². The summed E-state index contributed by atoms with van der Waals surface area (Å²) < 4.78 is 27.0. The number of pyridine rings is 1. The maximum atomic E-state index is 12.2. The Balaban J connectivity index is 2.21. The van der Waals surface area contributed by atoms with Gasteiger partial charge in [0, 0.05) is 6.20 Å². The molecule has 1 aromatic heterocycles. The summed E-state index contributed by atoms with van der Waals surface area (Å²) in [5.74, 6) is 0. The Bertz CT molecular complexity index is 808. The van der Waals surface area contributed by atoms with Gasteiger partial charge in [-0.05, 0) is 49.2 Å². The number of sulfonamides is 1. The molecule has 0 saturated carbocycles. The van der Waals surface area contributed by atoms with Crippen molar-refractivity contribution in [2.75, 3.05) is 0 Å². The molecule has 1 N–H and O–H groups in total. The number of aromatic nitrogens is 1. The standard InChI is InChI=1S/C15H15N3O2S/c1-11-4-3-7-17-15(11)10-18-21(19,20)14-6-5-13(9-16)12(2)8-14/h3-8,18H,10H2,1-2H3. The molecule has 21 heavy (non-hydrogen) atoms. The van der Waals surface area contributed by atoms with Crippen molar-refractivity contribution in [2.45, 2.75) is 25.3 Å². The summed E-state index contributed by atoms with van der Waals surface area (Å²) in [6, 6.07) is 10.1. The fourth-order valence-electron chi connectivity index (χ4n) is 1.88. The lowest BCUT2D eigenvalue weighted by atomic mass is 10.1. The highest BCUT2D eigenvalue weighted by molar-refractivity contribution is 7.89. The van der Waals surface area contributed by atoms with E-state index in [1.807, 2.05) is 19.1 Å². The van der Waals surface area contributed by atoms with Crippen molar-refractivity contribution in [3.05, 3.63) is 58.9 Å². The molecule has 108 valence electrons. The lowest BCUT2D eigenvalue weighted by molar-refractivity contribution is 0.580. The van der Waals surface area contributed by atoms with Gasteiger partial charge in [-0.1, -0.05) is 6.07 Å². The number of nitriles is 1. The summed E-state index contributed by atoms with van der Waals surface area (Å²) in [6.45, 7) is 3.72. The molecule has 0 fully saturated rings. The lowest BCUT2D eigenvalue weighted by Gasteiger charge is -2.09. The van der Waals surface area contributed by atoms with Crippen molar-refractivity contribution in [1.29, 1.82) is 5.26 Å². The van der Waals surface area contributed by atoms with Crippen molar-refractivity contribution in [3.8, 4) is 6.07 Å². The lowest BCUT2D eigenvalue weighted by Crippen LogP contribution is -2.24. The highest BCUT2D eigenvalue weighted by Gasteiger charge is 2.15. The van der Waals surface area contributed by atoms with Gasteiger partial charge in [0.2, 0.25) is 10.0 Å². The number of hydrogen-bond donors (Lipinski definition) is 1. The average Bonchev–Trinajstić information content (AvgIpc) is 2.46. The Kier molecular flexibility index (Phi) is 4.36. The van der Waals surface area contributed by atoms with Crippen molar-refractivity contribution in [2.24, 2.45) is 0 Å². The van der Waals surface area contributed by atoms with E-state index < -0.39 is 10.0 Å². The molecule has 0 unspecified atom stereocenters. The first-order valence-corrected chi connectivity index (χ1v) is 7.83. The molecule has 0 spiro atoms. The van der Waals surface area contributed by atoms with Gasteiger partial charge in [0.05, 0.1) is 28.8 Å². The van der Waals surface area contributed by atoms with Crippen LogP contribution in [0, 0.1) is 25.2 Å². The maximum absolute atomic E-state index is 12.2. The molecular weight excluding hydrogens is 286 g/mol. The predicted octanol–water partition coefficient (Wildman–Crippen LogP) is 2.05. The van der Waals surface area contributed by atoms with Crippen LogP contribution in [0.2, 0.25) is 0 Å². The molecule has 0 radical (unpaired) electrons. The van der Waals surface area contributed by atoms with Crippen LogP contribution in [0.4, 0.5) is 0 Å². The third-order valence-electron chi connectivity index (χ3n) is 3.18. The van der Waals surface area contributed by atoms with E-state index in [1.54, 1.807) is 19.2 Å². The smallest absolute Gasteiger partial charge is 0.240 e. The zero-order valence-electron chi connectivity index (χ0n) is 11.8. The Hall–Kier alpha value is -2.23. The van der Waals surface area contributed by atoms with Gasteiger partial charge in [-0.25, -0.2) is 13.1 Å². The molecule has 0 amide bonds. The van der Waals surface area contributed by atoms with E-state index in [1.165, 1.54) is 18.2 Å². The zero-order valence-corrected chi connectivity index (χ0v) is 12.6. The second-order valence-electron chi connectivity index (χ2n) is 4.68. The molecule has 0 bridgehead atoms. The van der Waals surface area contributed by atoms with Gasteiger partial charge < -0.3 is 0 Å². The second-order valence-corrected chi connectivity index (χ2v) is 6.45. The van der Waals surface area contributed by atoms with E-state index in [2.05, 4.69) is 9.71 Å². The highest BCUT2D eigenvalue weighted by Crippen LogP contribution is 2.15. The van der Waals surface area contributed by atoms with E-state index in [0.717, 1.165) is 5.56 Å². The summed E-state index contributed by atoms with van der Waals surface area (Å²) in [4.78, 5) is 4.30. The van der Waals surface area contributed by atoms with Crippen LogP contribution in [0.1, 0.15) is 22.4 Å². The van der Waals surface area contributed by atoms with Crippen LogP contribution in [0.15, 0.2) is 41.4 Å². The van der Waals surface area contributed by atoms with Gasteiger partial charge in [-0.2, -0.15) is 5.26 Å². The van der Waals surface area contributed by atoms with Crippen LogP contribution in [0.3, 0.4) is 0 Å². The minimum Gasteiger partial charge on any atom is -0.260 e. The van der Waals surface area contributed by atoms with Crippen molar-refractivity contribution in [1.82, 2.24) is 9.71 Å². The first-order chi connectivity index (χ1) is 9.94. The Morgan fingerprint density at radius 1 is 1.24 bits per heavy atom. The summed E-state index contributed by atoms with van der Waals surface area (Å²) in [5, 5.41) is 8.87. The van der Waals surface area contributed by atoms with Gasteiger partial charge in [0.25, 0.3) is 0 Å². The normalized spacial score (nSPS) is 11.1. The molecule has 5 nitrogen and oxygen atoms in total. The predicted molar refractivity (Wildman–Crippen MR) is 78.9 cm³/mol. The minimum absolute atomic E-state index is 0.133. The number of benzene rings is 1. The Morgan fingerprint density at radius 3 is 2.62 bits per heavy atom. The molecule has 2 rings (SSSR count). The molecule has 0 aliphatic rings. The summed E-state index contributed by atoms with van der Waals surface area (Å²) in [6.07, 6.45) is 1.63. The van der Waals surface area contributed by atoms with E-state index in [4.69, 9.17) is 5.26 Å². The number of aryl methyl sites for hydroxylation is 2. The fourth-order valence-corrected chi connectivity index (χ4v) is 2.95. The van der Waals surface area contributed by atoms with Crippen LogP contribution in [-0.4, -0.2) is 13.4 Å². The quantitative estimate of drug-likeness (QED) is 0.937. The molecular formula is C15H15N3O2S. The van der Waals surface area contributed by atoms with Crippen molar-refractivity contribution < 1.29 is 8.42 Å². The molecule has 1 heterocycles. The van der Waals surface area contributed by atoms with E-state index in [9.17, 15) is 8.42 Å². The highest BCUT2D eigenvalue weighted by atomic mass is 32.2. The molecule has 2 aromatic rings. The molecule has 0 aliphatic carbocycles. The molecule has 0 atom stereocenters. The Morgan fingerprint density at radius 2 is 2.00 bits per heavy atom. The van der Waals surface area contributed by atoms with E-state index >= 15 is 0 Å². The molecule has 0 saturated heterocycles. The molecule has 1 aromatic carbocycles. The monoisotopic (exact) mass is 301 g/mol. The van der Waals surface area contributed by atoms with Gasteiger partial charge in [-0.3, -0.25) is 4.98 Å². The number of rotatable bonds is 4. The fraction of sp³-hybridized carbons (Fsp3) is 0.200. The van der Waals surface area contributed by atoms with E-state index in [0.29, 0.717) is 16.8 Å². The Labute approximate surface area is 124 Å². The maximum Gasteiger partial charge on any atom is 0.240 e. The van der Waals surface area contributed by atoms with Crippen molar-refractivity contribution in [3.63, 3.8) is 0 Å². The first-order valence-electron chi connectivity index (χ1n) is 6.35. The summed E-state index contributed by atoms with van der Waals surface area (Å²) >= 11 is 0. The molecule has 6 heteroatoms. The number of nitrogens with zero attached hydrogens (tertiary/aromatic N) is 2. The van der Waals surface area contributed by atoms with Crippen molar-refractivity contribution >= 4 is 10.0 Å². The van der Waals surface area contributed by atoms with Crippen LogP contribution >= 0.6 is 0 Å². The third-order valence-corrected chi connectivity index (χ3v) is 4.58. The first kappa shape index (κ1) is 15.2. The topological polar surface area (TPSA) is 82.8 Å². The number of nitrogens with one attached hydrogen (secondary N) is 1. The van der Waals surface area contributed by atoms with Gasteiger partial charge in [-0.15, -0.1) is 0 Å². The second kappa shape index (κ2) is 6.04. The SMILES string of the molecule is Cc1cc(S(=O)(=O)NCc2ncccc2C)ccc1C#N. The van der Waals surface area contributed by atoms with Gasteiger partial charge in [0.1, 0.15) is 0 Å². The summed E-state index contributed by atoms with van der Waals surface area (Å²) in [7, 11) is -3.62. The minimum atomic E-state index is -3.62. The summed E-state index contributed by atoms with van der Waals surface area (Å²) in [5.41, 5.74) is 2.71. The molecule has 0 aliphatic heterocycles. The van der Waals surface area contributed by atoms with Crippen LogP contribution < -0.4 is 4.72 Å². The van der Waals surface area contributed by atoms with Gasteiger partial charge in [0.15, 0.2) is 0 Å². The van der Waals surface area contributed by atoms with Crippen LogP contribution in [0.25, 0.3) is 0 Å².